The molecule has 0 nitrogen and oxygen atoms in total. The second-order valence-corrected chi connectivity index (χ2v) is 12.8. The van der Waals surface area contributed by atoms with E-state index < -0.39 is 0 Å². The van der Waals surface area contributed by atoms with E-state index in [1.54, 1.807) is 0 Å². The van der Waals surface area contributed by atoms with Crippen molar-refractivity contribution in [1.82, 2.24) is 0 Å². The maximum Gasteiger partial charge on any atom is -0.00134 e. The third kappa shape index (κ3) is 3.04. The lowest BCUT2D eigenvalue weighted by Crippen LogP contribution is -1.89. The van der Waals surface area contributed by atoms with Crippen molar-refractivity contribution in [2.75, 3.05) is 0 Å². The Balaban J connectivity index is 1.48. The third-order valence-electron chi connectivity index (χ3n) is 10.5. The fourth-order valence-electron chi connectivity index (χ4n) is 8.69. The first-order valence-corrected chi connectivity index (χ1v) is 16.1. The van der Waals surface area contributed by atoms with Crippen LogP contribution in [0.2, 0.25) is 0 Å². The molecular weight excluding hydrogens is 553 g/mol. The summed E-state index contributed by atoms with van der Waals surface area (Å²) in [5, 5.41) is 21.3. The van der Waals surface area contributed by atoms with Crippen molar-refractivity contribution in [3.8, 4) is 22.3 Å². The van der Waals surface area contributed by atoms with Gasteiger partial charge in [0.05, 0.1) is 0 Å². The number of fused-ring (bicyclic) bond motifs is 9. The number of hydrogen-bond donors (Lipinski definition) is 0. The van der Waals surface area contributed by atoms with E-state index in [9.17, 15) is 0 Å². The molecule has 0 saturated heterocycles. The number of rotatable bonds is 2. The molecule has 0 aliphatic carbocycles. The maximum absolute atomic E-state index is 2.52. The zero-order valence-corrected chi connectivity index (χ0v) is 25.0. The van der Waals surface area contributed by atoms with Gasteiger partial charge in [0.2, 0.25) is 0 Å². The zero-order chi connectivity index (χ0) is 29.9. The summed E-state index contributed by atoms with van der Waals surface area (Å²) in [7, 11) is 0. The van der Waals surface area contributed by atoms with Crippen LogP contribution in [0.15, 0.2) is 158 Å². The Morgan fingerprint density at radius 1 is 0.217 bits per heavy atom. The van der Waals surface area contributed by atoms with E-state index >= 15 is 0 Å². The Kier molecular flexibility index (Phi) is 4.66. The van der Waals surface area contributed by atoms with E-state index in [1.807, 2.05) is 0 Å². The van der Waals surface area contributed by atoms with Gasteiger partial charge >= 0.3 is 0 Å². The standard InChI is InChI=1S/C46H26/c1-3-12-28(13-4-1)42-38-26-37-34-22-11-21-32-31-19-8-7-16-30(31)24-40(44(32)34)46(37)43(29-14-5-2-6-15-29)39(38)25-36-33-20-9-17-27-18-10-23-35(41(27)33)45(36)42/h1-26H. The van der Waals surface area contributed by atoms with E-state index in [-0.39, 0.29) is 0 Å². The summed E-state index contributed by atoms with van der Waals surface area (Å²) >= 11 is 0. The van der Waals surface area contributed by atoms with E-state index in [1.165, 1.54) is 108 Å². The highest BCUT2D eigenvalue weighted by molar-refractivity contribution is 6.42. The van der Waals surface area contributed by atoms with Gasteiger partial charge in [0.25, 0.3) is 0 Å². The summed E-state index contributed by atoms with van der Waals surface area (Å²) < 4.78 is 0. The van der Waals surface area contributed by atoms with Crippen LogP contribution in [0.3, 0.4) is 0 Å². The van der Waals surface area contributed by atoms with Crippen LogP contribution in [-0.2, 0) is 0 Å². The van der Waals surface area contributed by atoms with Gasteiger partial charge in [0.1, 0.15) is 0 Å². The molecule has 0 aliphatic rings. The maximum atomic E-state index is 2.52. The molecule has 0 fully saturated rings. The number of hydrogen-bond acceptors (Lipinski definition) is 0. The highest BCUT2D eigenvalue weighted by atomic mass is 14.3. The minimum Gasteiger partial charge on any atom is -0.0622 e. The summed E-state index contributed by atoms with van der Waals surface area (Å²) in [6, 6.07) is 58.9. The minimum absolute atomic E-state index is 1.26. The van der Waals surface area contributed by atoms with Crippen LogP contribution >= 0.6 is 0 Å². The van der Waals surface area contributed by atoms with Crippen molar-refractivity contribution in [2.45, 2.75) is 0 Å². The Morgan fingerprint density at radius 3 is 1.33 bits per heavy atom. The molecule has 11 aromatic rings. The third-order valence-corrected chi connectivity index (χ3v) is 10.5. The fraction of sp³-hybridized carbons (Fsp3) is 0. The predicted molar refractivity (Wildman–Crippen MR) is 200 cm³/mol. The van der Waals surface area contributed by atoms with Crippen molar-refractivity contribution in [3.05, 3.63) is 158 Å². The molecular formula is C46H26. The second-order valence-electron chi connectivity index (χ2n) is 12.8. The van der Waals surface area contributed by atoms with Gasteiger partial charge in [-0.2, -0.15) is 0 Å². The Labute approximate surface area is 265 Å². The monoisotopic (exact) mass is 578 g/mol. The molecule has 0 unspecified atom stereocenters. The molecule has 0 amide bonds. The molecule has 0 heterocycles. The van der Waals surface area contributed by atoms with Gasteiger partial charge in [-0.1, -0.05) is 140 Å². The summed E-state index contributed by atoms with van der Waals surface area (Å²) in [5.74, 6) is 0. The molecule has 0 spiro atoms. The Hall–Kier alpha value is -5.98. The van der Waals surface area contributed by atoms with E-state index in [4.69, 9.17) is 0 Å². The largest absolute Gasteiger partial charge is 0.0622 e. The van der Waals surface area contributed by atoms with Gasteiger partial charge in [0.15, 0.2) is 0 Å². The van der Waals surface area contributed by atoms with Gasteiger partial charge in [-0.15, -0.1) is 0 Å². The molecule has 0 N–H and O–H groups in total. The van der Waals surface area contributed by atoms with Gasteiger partial charge in [0, 0.05) is 0 Å². The summed E-state index contributed by atoms with van der Waals surface area (Å²) in [5.41, 5.74) is 5.16. The molecule has 46 heavy (non-hydrogen) atoms. The topological polar surface area (TPSA) is 0 Å². The van der Waals surface area contributed by atoms with Crippen LogP contribution in [0, 0.1) is 0 Å². The van der Waals surface area contributed by atoms with Gasteiger partial charge in [-0.25, -0.2) is 0 Å². The Morgan fingerprint density at radius 2 is 0.674 bits per heavy atom. The molecule has 0 bridgehead atoms. The smallest absolute Gasteiger partial charge is 0.00134 e. The highest BCUT2D eigenvalue weighted by Crippen LogP contribution is 2.52. The van der Waals surface area contributed by atoms with Crippen molar-refractivity contribution in [2.24, 2.45) is 0 Å². The van der Waals surface area contributed by atoms with Crippen LogP contribution < -0.4 is 0 Å². The SMILES string of the molecule is c1ccc(-c2c3cc4c5cccc6c7ccccc7cc(c4c(-c4ccccc4)c3cc3c4cccc7cccc(c23)c74)c65)cc1. The number of benzene rings is 9. The van der Waals surface area contributed by atoms with Crippen LogP contribution in [0.25, 0.3) is 108 Å². The summed E-state index contributed by atoms with van der Waals surface area (Å²) in [4.78, 5) is 0. The highest BCUT2D eigenvalue weighted by Gasteiger charge is 2.24. The first-order chi connectivity index (χ1) is 22.8. The Bertz CT molecular complexity index is 2980. The lowest BCUT2D eigenvalue weighted by atomic mass is 9.86. The molecule has 11 rings (SSSR count). The lowest BCUT2D eigenvalue weighted by Gasteiger charge is -2.16. The molecule has 0 heteroatoms. The molecule has 0 atom stereocenters. The van der Waals surface area contributed by atoms with Crippen LogP contribution in [-0.4, -0.2) is 0 Å². The molecule has 11 aromatic carbocycles. The van der Waals surface area contributed by atoms with Gasteiger partial charge in [-0.3, -0.25) is 0 Å². The first-order valence-electron chi connectivity index (χ1n) is 16.1. The first kappa shape index (κ1) is 24.4. The summed E-state index contributed by atoms with van der Waals surface area (Å²) in [6.45, 7) is 0. The van der Waals surface area contributed by atoms with Crippen molar-refractivity contribution in [1.29, 1.82) is 0 Å². The summed E-state index contributed by atoms with van der Waals surface area (Å²) in [6.07, 6.45) is 0. The quantitative estimate of drug-likeness (QED) is 0.179. The van der Waals surface area contributed by atoms with Gasteiger partial charge in [-0.05, 0) is 127 Å². The second kappa shape index (κ2) is 8.81. The molecule has 210 valence electrons. The van der Waals surface area contributed by atoms with Gasteiger partial charge < -0.3 is 0 Å². The van der Waals surface area contributed by atoms with E-state index in [0.717, 1.165) is 0 Å². The average Bonchev–Trinajstić information content (AvgIpc) is 3.61. The predicted octanol–water partition coefficient (Wildman–Crippen LogP) is 13.1. The minimum atomic E-state index is 1.26. The molecule has 0 aliphatic heterocycles. The molecule has 0 aromatic heterocycles. The normalized spacial score (nSPS) is 12.3. The van der Waals surface area contributed by atoms with Crippen LogP contribution in [0.4, 0.5) is 0 Å². The van der Waals surface area contributed by atoms with Crippen LogP contribution in [0.1, 0.15) is 0 Å². The van der Waals surface area contributed by atoms with Crippen molar-refractivity contribution < 1.29 is 0 Å². The van der Waals surface area contributed by atoms with E-state index in [2.05, 4.69) is 158 Å². The van der Waals surface area contributed by atoms with E-state index in [0.29, 0.717) is 0 Å². The zero-order valence-electron chi connectivity index (χ0n) is 25.0. The average molecular weight is 579 g/mol. The fourth-order valence-corrected chi connectivity index (χ4v) is 8.69. The lowest BCUT2D eigenvalue weighted by molar-refractivity contribution is 1.68. The van der Waals surface area contributed by atoms with Crippen molar-refractivity contribution >= 4 is 86.2 Å². The van der Waals surface area contributed by atoms with Crippen molar-refractivity contribution in [3.63, 3.8) is 0 Å². The molecule has 0 radical (unpaired) electrons. The van der Waals surface area contributed by atoms with Crippen LogP contribution in [0.5, 0.6) is 0 Å². The molecule has 0 saturated carbocycles.